The summed E-state index contributed by atoms with van der Waals surface area (Å²) in [4.78, 5) is 5.85. The number of fused-ring (bicyclic) bond motifs is 19. The quantitative estimate of drug-likeness (QED) is 0.173. The van der Waals surface area contributed by atoms with Crippen molar-refractivity contribution in [2.75, 3.05) is 0 Å². The third-order valence-corrected chi connectivity index (χ3v) is 19.4. The summed E-state index contributed by atoms with van der Waals surface area (Å²) < 4.78 is 10.0. The second-order valence-corrected chi connectivity index (χ2v) is 28.9. The van der Waals surface area contributed by atoms with Crippen molar-refractivity contribution in [1.82, 2.24) is 22.9 Å². The molecule has 0 radical (unpaired) electrons. The predicted molar refractivity (Wildman–Crippen MR) is 368 cm³/mol. The summed E-state index contributed by atoms with van der Waals surface area (Å²) in [5.41, 5.74) is 23.8. The Kier molecular flexibility index (Phi) is 10.2. The lowest BCUT2D eigenvalue weighted by atomic mass is 9.82. The maximum Gasteiger partial charge on any atom is 0.146 e. The number of pyridine rings is 1. The molecule has 0 unspecified atom stereocenters. The standard InChI is InChI=1S/C81H69N5/c1-78(2,3)48-37-56(46-31-33-68-58(35-46)54-27-19-21-29-66(54)83(68)52-23-15-13-16-24-52)73-60(39-48)62-41-50(80(7,8)9)43-64-71-70(85(73)75(62)64)45-82-77-72(71)65-44-51(81(10,11)12)42-63-61-40-49(79(4,5)6)38-57(74(61)86(77)76(63)65)47-32-34-69-59(36-47)55-28-20-22-30-67(55)84(69)53-25-17-14-18-26-53/h13-45H,1-12H3. The van der Waals surface area contributed by atoms with Crippen molar-refractivity contribution in [2.45, 2.75) is 105 Å². The van der Waals surface area contributed by atoms with E-state index in [1.807, 2.05) is 0 Å². The molecular formula is C81H69N5. The van der Waals surface area contributed by atoms with Gasteiger partial charge in [-0.05, 0) is 164 Å². The van der Waals surface area contributed by atoms with Crippen LogP contribution in [-0.2, 0) is 21.7 Å². The van der Waals surface area contributed by atoms with Crippen LogP contribution in [0.4, 0.5) is 0 Å². The number of benzene rings is 10. The molecule has 7 heterocycles. The highest BCUT2D eigenvalue weighted by molar-refractivity contribution is 6.36. The molecule has 0 saturated carbocycles. The second-order valence-electron chi connectivity index (χ2n) is 28.9. The number of para-hydroxylation sites is 4. The van der Waals surface area contributed by atoms with Gasteiger partial charge in [-0.3, -0.25) is 4.40 Å². The van der Waals surface area contributed by atoms with Crippen LogP contribution in [0, 0.1) is 0 Å². The Labute approximate surface area is 501 Å². The first-order chi connectivity index (χ1) is 41.2. The van der Waals surface area contributed by atoms with Crippen LogP contribution in [0.2, 0.25) is 0 Å². The van der Waals surface area contributed by atoms with Crippen LogP contribution < -0.4 is 0 Å². The van der Waals surface area contributed by atoms with Gasteiger partial charge in [0.2, 0.25) is 0 Å². The Morgan fingerprint density at radius 2 is 0.640 bits per heavy atom. The maximum atomic E-state index is 5.85. The Bertz CT molecular complexity index is 5360. The van der Waals surface area contributed by atoms with E-state index in [1.165, 1.54) is 153 Å². The number of nitrogens with zero attached hydrogens (tertiary/aromatic N) is 5. The Morgan fingerprint density at radius 1 is 0.279 bits per heavy atom. The number of aromatic nitrogens is 5. The summed E-state index contributed by atoms with van der Waals surface area (Å²) in [7, 11) is 0. The van der Waals surface area contributed by atoms with Crippen LogP contribution in [-0.4, -0.2) is 22.9 Å². The molecule has 7 aromatic heterocycles. The van der Waals surface area contributed by atoms with Crippen LogP contribution in [0.5, 0.6) is 0 Å². The zero-order valence-corrected chi connectivity index (χ0v) is 51.3. The van der Waals surface area contributed by atoms with Gasteiger partial charge in [-0.1, -0.05) is 168 Å². The number of hydrogen-bond acceptors (Lipinski definition) is 1. The lowest BCUT2D eigenvalue weighted by Gasteiger charge is -2.22. The lowest BCUT2D eigenvalue weighted by molar-refractivity contribution is 0.591. The molecule has 0 fully saturated rings. The van der Waals surface area contributed by atoms with Crippen LogP contribution in [0.25, 0.3) is 154 Å². The van der Waals surface area contributed by atoms with Crippen molar-refractivity contribution in [1.29, 1.82) is 0 Å². The van der Waals surface area contributed by atoms with Crippen molar-refractivity contribution < 1.29 is 0 Å². The van der Waals surface area contributed by atoms with Gasteiger partial charge in [-0.25, -0.2) is 4.98 Å². The van der Waals surface area contributed by atoms with E-state index in [0.717, 1.165) is 22.5 Å². The van der Waals surface area contributed by atoms with E-state index in [0.29, 0.717) is 0 Å². The van der Waals surface area contributed by atoms with Gasteiger partial charge in [0.05, 0.1) is 55.8 Å². The molecule has 418 valence electrons. The molecule has 0 spiro atoms. The average Bonchev–Trinajstić information content (AvgIpc) is 1.51. The molecule has 0 aliphatic heterocycles. The van der Waals surface area contributed by atoms with Gasteiger partial charge in [0.15, 0.2) is 0 Å². The molecule has 0 saturated heterocycles. The van der Waals surface area contributed by atoms with Gasteiger partial charge < -0.3 is 13.5 Å². The molecule has 17 aromatic rings. The molecule has 0 amide bonds. The zero-order chi connectivity index (χ0) is 58.8. The van der Waals surface area contributed by atoms with Crippen LogP contribution in [0.3, 0.4) is 0 Å². The highest BCUT2D eigenvalue weighted by Crippen LogP contribution is 2.52. The van der Waals surface area contributed by atoms with E-state index < -0.39 is 0 Å². The number of rotatable bonds is 4. The second kappa shape index (κ2) is 17.1. The molecular weight excluding hydrogens is 1040 g/mol. The zero-order valence-electron chi connectivity index (χ0n) is 51.3. The van der Waals surface area contributed by atoms with Crippen molar-refractivity contribution in [3.8, 4) is 33.6 Å². The predicted octanol–water partition coefficient (Wildman–Crippen LogP) is 22.1. The third kappa shape index (κ3) is 7.03. The van der Waals surface area contributed by atoms with E-state index in [2.05, 4.69) is 301 Å². The highest BCUT2D eigenvalue weighted by atomic mass is 15.0. The largest absolute Gasteiger partial charge is 0.309 e. The SMILES string of the molecule is CC(C)(C)c1cc(-c2ccc3c(c2)c2ccccc2n3-c2ccccc2)c2c(c1)c1cc(C(C)(C)C)cc3c4c5c6cc(C(C)(C)C)cc7c8cc(C(C)(C)C)cc(-c9ccc%10c(c9)c9ccccc9n%10-c9ccccc9)c8n(c5ncc4n2c13)c76. The Morgan fingerprint density at radius 3 is 1.09 bits per heavy atom. The van der Waals surface area contributed by atoms with Crippen LogP contribution >= 0.6 is 0 Å². The van der Waals surface area contributed by atoms with E-state index in [9.17, 15) is 0 Å². The fraction of sp³-hybridized carbons (Fsp3) is 0.198. The van der Waals surface area contributed by atoms with Gasteiger partial charge >= 0.3 is 0 Å². The van der Waals surface area contributed by atoms with E-state index in [4.69, 9.17) is 4.98 Å². The normalized spacial score (nSPS) is 13.3. The summed E-state index contributed by atoms with van der Waals surface area (Å²) in [6.07, 6.45) is 2.23. The van der Waals surface area contributed by atoms with Crippen molar-refractivity contribution in [3.05, 3.63) is 223 Å². The fourth-order valence-electron chi connectivity index (χ4n) is 14.9. The van der Waals surface area contributed by atoms with Gasteiger partial charge in [0.25, 0.3) is 0 Å². The molecule has 0 N–H and O–H groups in total. The third-order valence-electron chi connectivity index (χ3n) is 19.4. The van der Waals surface area contributed by atoms with Gasteiger partial charge in [-0.15, -0.1) is 0 Å². The fourth-order valence-corrected chi connectivity index (χ4v) is 14.9. The minimum absolute atomic E-state index is 0.112. The lowest BCUT2D eigenvalue weighted by Crippen LogP contribution is -2.11. The minimum atomic E-state index is -0.134. The summed E-state index contributed by atoms with van der Waals surface area (Å²) in [6.45, 7) is 28.4. The molecule has 0 aliphatic carbocycles. The molecule has 5 heteroatoms. The molecule has 17 rings (SSSR count). The van der Waals surface area contributed by atoms with E-state index in [-0.39, 0.29) is 21.7 Å². The smallest absolute Gasteiger partial charge is 0.146 e. The minimum Gasteiger partial charge on any atom is -0.309 e. The molecule has 0 bridgehead atoms. The molecule has 0 aliphatic rings. The molecule has 86 heavy (non-hydrogen) atoms. The first-order valence-electron chi connectivity index (χ1n) is 30.8. The van der Waals surface area contributed by atoms with E-state index in [1.54, 1.807) is 0 Å². The Hall–Kier alpha value is -9.45. The van der Waals surface area contributed by atoms with E-state index >= 15 is 0 Å². The first kappa shape index (κ1) is 51.0. The van der Waals surface area contributed by atoms with Crippen molar-refractivity contribution >= 4 is 120 Å². The topological polar surface area (TPSA) is 31.6 Å². The first-order valence-corrected chi connectivity index (χ1v) is 30.8. The monoisotopic (exact) mass is 1110 g/mol. The van der Waals surface area contributed by atoms with Gasteiger partial charge in [-0.2, -0.15) is 0 Å². The highest BCUT2D eigenvalue weighted by Gasteiger charge is 2.32. The van der Waals surface area contributed by atoms with Gasteiger partial charge in [0.1, 0.15) is 5.65 Å². The number of hydrogen-bond donors (Lipinski definition) is 0. The Balaban J connectivity index is 1.02. The summed E-state index contributed by atoms with van der Waals surface area (Å²) >= 11 is 0. The summed E-state index contributed by atoms with van der Waals surface area (Å²) in [5, 5.41) is 15.1. The molecule has 0 atom stereocenters. The summed E-state index contributed by atoms with van der Waals surface area (Å²) in [6, 6.07) is 73.9. The maximum absolute atomic E-state index is 5.85. The van der Waals surface area contributed by atoms with Crippen molar-refractivity contribution in [3.63, 3.8) is 0 Å². The molecule has 5 nitrogen and oxygen atoms in total. The summed E-state index contributed by atoms with van der Waals surface area (Å²) in [5.74, 6) is 0. The van der Waals surface area contributed by atoms with Gasteiger partial charge in [0, 0.05) is 87.1 Å². The van der Waals surface area contributed by atoms with Crippen LogP contribution in [0.15, 0.2) is 200 Å². The van der Waals surface area contributed by atoms with Crippen LogP contribution in [0.1, 0.15) is 105 Å². The van der Waals surface area contributed by atoms with Crippen molar-refractivity contribution in [2.24, 2.45) is 0 Å². The average molecular weight is 1110 g/mol. The molecule has 10 aromatic carbocycles.